The van der Waals surface area contributed by atoms with Gasteiger partial charge in [0.2, 0.25) is 0 Å². The summed E-state index contributed by atoms with van der Waals surface area (Å²) in [4.78, 5) is 3.07. The first-order chi connectivity index (χ1) is 3.41. The Morgan fingerprint density at radius 3 is 1.88 bits per heavy atom. The minimum Gasteiger partial charge on any atom is -0.412 e. The second kappa shape index (κ2) is 33.1. The summed E-state index contributed by atoms with van der Waals surface area (Å²) in [5.41, 5.74) is 0. The SMILES string of the molecule is C=C.C=CCOF.O. The van der Waals surface area contributed by atoms with Crippen LogP contribution in [0.25, 0.3) is 0 Å². The van der Waals surface area contributed by atoms with Crippen molar-refractivity contribution in [3.63, 3.8) is 0 Å². The normalized spacial score (nSPS) is 5.12. The van der Waals surface area contributed by atoms with E-state index in [1.54, 1.807) is 0 Å². The van der Waals surface area contributed by atoms with Crippen LogP contribution in [0.15, 0.2) is 25.8 Å². The van der Waals surface area contributed by atoms with E-state index in [0.717, 1.165) is 0 Å². The monoisotopic (exact) mass is 122 g/mol. The van der Waals surface area contributed by atoms with Gasteiger partial charge >= 0.3 is 0 Å². The van der Waals surface area contributed by atoms with Crippen molar-refractivity contribution in [2.45, 2.75) is 0 Å². The van der Waals surface area contributed by atoms with Crippen molar-refractivity contribution < 1.29 is 14.9 Å². The van der Waals surface area contributed by atoms with Crippen molar-refractivity contribution in [3.8, 4) is 0 Å². The second-order valence-electron chi connectivity index (χ2n) is 0.564. The molecule has 2 nitrogen and oxygen atoms in total. The second-order valence-corrected chi connectivity index (χ2v) is 0.564. The van der Waals surface area contributed by atoms with E-state index in [2.05, 4.69) is 24.7 Å². The topological polar surface area (TPSA) is 40.7 Å². The van der Waals surface area contributed by atoms with Crippen molar-refractivity contribution in [2.24, 2.45) is 0 Å². The lowest BCUT2D eigenvalue weighted by molar-refractivity contribution is -0.117. The molecule has 0 spiro atoms. The first-order valence-electron chi connectivity index (χ1n) is 1.76. The fourth-order valence-electron chi connectivity index (χ4n) is 0.0445. The third kappa shape index (κ3) is 56.5. The van der Waals surface area contributed by atoms with Gasteiger partial charge in [0, 0.05) is 0 Å². The van der Waals surface area contributed by atoms with Crippen LogP contribution in [0.3, 0.4) is 0 Å². The zero-order valence-corrected chi connectivity index (χ0v) is 4.69. The van der Waals surface area contributed by atoms with Crippen molar-refractivity contribution in [3.05, 3.63) is 25.8 Å². The summed E-state index contributed by atoms with van der Waals surface area (Å²) < 4.78 is 10.4. The van der Waals surface area contributed by atoms with E-state index in [0.29, 0.717) is 0 Å². The number of rotatable bonds is 2. The molecule has 0 unspecified atom stereocenters. The van der Waals surface area contributed by atoms with Gasteiger partial charge in [-0.05, 0) is 4.53 Å². The molecule has 0 aromatic heterocycles. The van der Waals surface area contributed by atoms with Crippen LogP contribution >= 0.6 is 0 Å². The Kier molecular flexibility index (Phi) is 64.9. The van der Waals surface area contributed by atoms with E-state index in [1.165, 1.54) is 6.08 Å². The van der Waals surface area contributed by atoms with Gasteiger partial charge in [-0.3, -0.25) is 0 Å². The van der Waals surface area contributed by atoms with Gasteiger partial charge in [0.15, 0.2) is 0 Å². The van der Waals surface area contributed by atoms with Gasteiger partial charge in [0.05, 0.1) is 0 Å². The van der Waals surface area contributed by atoms with E-state index in [9.17, 15) is 4.53 Å². The highest BCUT2D eigenvalue weighted by Crippen LogP contribution is 1.68. The maximum atomic E-state index is 10.4. The minimum absolute atomic E-state index is 0. The van der Waals surface area contributed by atoms with Crippen LogP contribution in [-0.2, 0) is 4.94 Å². The molecule has 0 aliphatic rings. The molecule has 0 fully saturated rings. The zero-order chi connectivity index (χ0) is 6.12. The van der Waals surface area contributed by atoms with Crippen molar-refractivity contribution >= 4 is 0 Å². The van der Waals surface area contributed by atoms with Crippen LogP contribution in [0, 0.1) is 0 Å². The maximum Gasteiger partial charge on any atom is 0.105 e. The zero-order valence-electron chi connectivity index (χ0n) is 4.69. The fourth-order valence-corrected chi connectivity index (χ4v) is 0.0445. The minimum atomic E-state index is -0.0139. The molecule has 0 rings (SSSR count). The predicted octanol–water partition coefficient (Wildman–Crippen LogP) is 1.05. The molecule has 2 N–H and O–H groups in total. The highest BCUT2D eigenvalue weighted by atomic mass is 19.3. The molecule has 3 heteroatoms. The van der Waals surface area contributed by atoms with E-state index in [1.807, 2.05) is 0 Å². The van der Waals surface area contributed by atoms with Gasteiger partial charge in [-0.1, -0.05) is 6.08 Å². The van der Waals surface area contributed by atoms with Crippen LogP contribution in [0.5, 0.6) is 0 Å². The maximum absolute atomic E-state index is 10.4. The van der Waals surface area contributed by atoms with Crippen LogP contribution in [0.2, 0.25) is 0 Å². The average molecular weight is 122 g/mol. The first kappa shape index (κ1) is 15.7. The highest BCUT2D eigenvalue weighted by Gasteiger charge is 1.63. The van der Waals surface area contributed by atoms with Crippen molar-refractivity contribution in [2.75, 3.05) is 6.61 Å². The molecular weight excluding hydrogens is 111 g/mol. The van der Waals surface area contributed by atoms with Gasteiger partial charge in [0.1, 0.15) is 6.61 Å². The third-order valence-corrected chi connectivity index (χ3v) is 0.181. The largest absolute Gasteiger partial charge is 0.412 e. The third-order valence-electron chi connectivity index (χ3n) is 0.181. The molecule has 50 valence electrons. The summed E-state index contributed by atoms with van der Waals surface area (Å²) in [5, 5.41) is 0. The Morgan fingerprint density at radius 1 is 1.50 bits per heavy atom. The summed E-state index contributed by atoms with van der Waals surface area (Å²) >= 11 is 0. The fraction of sp³-hybridized carbons (Fsp3) is 0.200. The van der Waals surface area contributed by atoms with Gasteiger partial charge in [-0.15, -0.1) is 19.7 Å². The predicted molar refractivity (Wildman–Crippen MR) is 32.1 cm³/mol. The number of hydrogen-bond acceptors (Lipinski definition) is 1. The highest BCUT2D eigenvalue weighted by molar-refractivity contribution is 4.61. The van der Waals surface area contributed by atoms with E-state index >= 15 is 0 Å². The van der Waals surface area contributed by atoms with Crippen molar-refractivity contribution in [1.29, 1.82) is 0 Å². The van der Waals surface area contributed by atoms with Gasteiger partial charge in [0.25, 0.3) is 0 Å². The van der Waals surface area contributed by atoms with Crippen LogP contribution in [0.1, 0.15) is 0 Å². The van der Waals surface area contributed by atoms with Gasteiger partial charge < -0.3 is 5.48 Å². The molecular formula is C5H11FO2. The smallest absolute Gasteiger partial charge is 0.105 e. The summed E-state index contributed by atoms with van der Waals surface area (Å²) in [6.07, 6.45) is 1.33. The lowest BCUT2D eigenvalue weighted by Gasteiger charge is -1.72. The van der Waals surface area contributed by atoms with Gasteiger partial charge in [-0.2, -0.15) is 4.94 Å². The molecule has 0 aliphatic heterocycles. The van der Waals surface area contributed by atoms with Crippen LogP contribution in [0.4, 0.5) is 4.53 Å². The molecule has 0 amide bonds. The van der Waals surface area contributed by atoms with Gasteiger partial charge in [-0.25, -0.2) is 0 Å². The molecule has 0 aromatic rings. The molecule has 0 atom stereocenters. The molecule has 0 aliphatic carbocycles. The first-order valence-corrected chi connectivity index (χ1v) is 1.76. The van der Waals surface area contributed by atoms with E-state index in [-0.39, 0.29) is 12.1 Å². The van der Waals surface area contributed by atoms with Crippen LogP contribution < -0.4 is 0 Å². The Balaban J connectivity index is -0.0000000750. The molecule has 0 radical (unpaired) electrons. The number of halogens is 1. The molecule has 0 bridgehead atoms. The molecule has 8 heavy (non-hydrogen) atoms. The standard InChI is InChI=1S/C3H5FO.C2H4.H2O/c1-2-3-5-4;1-2;/h2H,1,3H2;1-2H2;1H2. The number of hydrogen-bond donors (Lipinski definition) is 0. The average Bonchev–Trinajstić information content (AvgIpc) is 1.75. The van der Waals surface area contributed by atoms with E-state index < -0.39 is 0 Å². The quantitative estimate of drug-likeness (QED) is 0.504. The lowest BCUT2D eigenvalue weighted by Crippen LogP contribution is -1.70. The Morgan fingerprint density at radius 2 is 1.88 bits per heavy atom. The Bertz CT molecular complexity index is 39.4. The Hall–Kier alpha value is -0.670. The Labute approximate surface area is 48.5 Å². The molecule has 0 saturated carbocycles. The van der Waals surface area contributed by atoms with Crippen molar-refractivity contribution in [1.82, 2.24) is 0 Å². The summed E-state index contributed by atoms with van der Waals surface area (Å²) in [6.45, 7) is 9.17. The molecule has 0 saturated heterocycles. The molecule has 0 heterocycles. The summed E-state index contributed by atoms with van der Waals surface area (Å²) in [6, 6.07) is 0. The van der Waals surface area contributed by atoms with E-state index in [4.69, 9.17) is 0 Å². The molecule has 0 aromatic carbocycles. The summed E-state index contributed by atoms with van der Waals surface area (Å²) in [5.74, 6) is 0. The van der Waals surface area contributed by atoms with Crippen LogP contribution in [-0.4, -0.2) is 12.1 Å². The summed E-state index contributed by atoms with van der Waals surface area (Å²) in [7, 11) is 0. The lowest BCUT2D eigenvalue weighted by atomic mass is 10.7.